The molecule has 0 radical (unpaired) electrons. The van der Waals surface area contributed by atoms with Crippen LogP contribution in [0.5, 0.6) is 0 Å². The van der Waals surface area contributed by atoms with E-state index in [0.717, 1.165) is 29.0 Å². The van der Waals surface area contributed by atoms with Crippen LogP contribution in [-0.4, -0.2) is 30.9 Å². The molecule has 5 heteroatoms. The molecule has 26 heavy (non-hydrogen) atoms. The smallest absolute Gasteiger partial charge is 0.225 e. The van der Waals surface area contributed by atoms with E-state index in [9.17, 15) is 9.18 Å². The van der Waals surface area contributed by atoms with Crippen LogP contribution in [0.15, 0.2) is 48.5 Å². The van der Waals surface area contributed by atoms with Crippen LogP contribution < -0.4 is 5.32 Å². The maximum absolute atomic E-state index is 13.3. The van der Waals surface area contributed by atoms with Crippen molar-refractivity contribution in [3.8, 4) is 0 Å². The number of nitrogens with one attached hydrogen (secondary N) is 1. The lowest BCUT2D eigenvalue weighted by Crippen LogP contribution is -2.32. The minimum Gasteiger partial charge on any atom is -0.349 e. The van der Waals surface area contributed by atoms with Gasteiger partial charge in [0.2, 0.25) is 5.91 Å². The second-order valence-corrected chi connectivity index (χ2v) is 7.55. The molecule has 3 rings (SSSR count). The van der Waals surface area contributed by atoms with Crippen molar-refractivity contribution < 1.29 is 9.18 Å². The Hall–Kier alpha value is -1.91. The minimum atomic E-state index is -0.254. The van der Waals surface area contributed by atoms with Crippen LogP contribution in [0.3, 0.4) is 0 Å². The van der Waals surface area contributed by atoms with Crippen molar-refractivity contribution in [3.63, 3.8) is 0 Å². The van der Waals surface area contributed by atoms with Crippen LogP contribution in [0, 0.1) is 11.7 Å². The predicted molar refractivity (Wildman–Crippen MR) is 103 cm³/mol. The average Bonchev–Trinajstić information content (AvgIpc) is 3.05. The molecular formula is C21H24ClFN2O. The standard InChI is InChI=1S/C21H24ClFN2O/c1-25(2)21(26)19-12-17(24-13-15-5-3-4-6-20(15)22)11-18(19)14-7-9-16(23)10-8-14/h3-10,17-19,24H,11-13H2,1-2H3/t17-,18+,19-/m0/s1. The van der Waals surface area contributed by atoms with Crippen molar-refractivity contribution in [1.29, 1.82) is 0 Å². The lowest BCUT2D eigenvalue weighted by Gasteiger charge is -2.22. The van der Waals surface area contributed by atoms with Gasteiger partial charge in [-0.2, -0.15) is 0 Å². The molecule has 1 fully saturated rings. The van der Waals surface area contributed by atoms with Gasteiger partial charge >= 0.3 is 0 Å². The minimum absolute atomic E-state index is 0.0919. The number of nitrogens with zero attached hydrogens (tertiary/aromatic N) is 1. The van der Waals surface area contributed by atoms with E-state index < -0.39 is 0 Å². The Labute approximate surface area is 159 Å². The van der Waals surface area contributed by atoms with Gasteiger partial charge in [0.05, 0.1) is 0 Å². The summed E-state index contributed by atoms with van der Waals surface area (Å²) in [5, 5.41) is 4.29. The van der Waals surface area contributed by atoms with Crippen molar-refractivity contribution in [2.75, 3.05) is 14.1 Å². The average molecular weight is 375 g/mol. The number of benzene rings is 2. The quantitative estimate of drug-likeness (QED) is 0.849. The molecule has 138 valence electrons. The van der Waals surface area contributed by atoms with Crippen molar-refractivity contribution in [2.24, 2.45) is 5.92 Å². The molecule has 1 amide bonds. The molecule has 1 aliphatic rings. The predicted octanol–water partition coefficient (Wildman–Crippen LogP) is 4.22. The molecule has 2 aromatic rings. The Balaban J connectivity index is 1.74. The Bertz CT molecular complexity index is 763. The van der Waals surface area contributed by atoms with Gasteiger partial charge < -0.3 is 10.2 Å². The number of carbonyl (C=O) groups excluding carboxylic acids is 1. The van der Waals surface area contributed by atoms with Gasteiger partial charge in [-0.15, -0.1) is 0 Å². The number of rotatable bonds is 5. The highest BCUT2D eigenvalue weighted by Gasteiger charge is 2.40. The normalized spacial score (nSPS) is 22.4. The van der Waals surface area contributed by atoms with Gasteiger partial charge in [-0.25, -0.2) is 4.39 Å². The fraction of sp³-hybridized carbons (Fsp3) is 0.381. The van der Waals surface area contributed by atoms with Crippen molar-refractivity contribution in [2.45, 2.75) is 31.3 Å². The maximum atomic E-state index is 13.3. The van der Waals surface area contributed by atoms with Crippen molar-refractivity contribution in [1.82, 2.24) is 10.2 Å². The summed E-state index contributed by atoms with van der Waals surface area (Å²) >= 11 is 6.23. The van der Waals surface area contributed by atoms with Gasteiger partial charge in [0.25, 0.3) is 0 Å². The topological polar surface area (TPSA) is 32.3 Å². The van der Waals surface area contributed by atoms with Gasteiger partial charge in [0, 0.05) is 37.6 Å². The summed E-state index contributed by atoms with van der Waals surface area (Å²) in [6.07, 6.45) is 1.61. The summed E-state index contributed by atoms with van der Waals surface area (Å²) in [4.78, 5) is 14.3. The highest BCUT2D eigenvalue weighted by atomic mass is 35.5. The number of hydrogen-bond acceptors (Lipinski definition) is 2. The van der Waals surface area contributed by atoms with Crippen LogP contribution in [-0.2, 0) is 11.3 Å². The zero-order chi connectivity index (χ0) is 18.7. The van der Waals surface area contributed by atoms with Crippen LogP contribution in [0.4, 0.5) is 4.39 Å². The summed E-state index contributed by atoms with van der Waals surface area (Å²) in [7, 11) is 3.57. The largest absolute Gasteiger partial charge is 0.349 e. The summed E-state index contributed by atoms with van der Waals surface area (Å²) in [6, 6.07) is 14.5. The second-order valence-electron chi connectivity index (χ2n) is 7.14. The Kier molecular flexibility index (Phi) is 5.94. The third-order valence-corrected chi connectivity index (χ3v) is 5.53. The zero-order valence-electron chi connectivity index (χ0n) is 15.1. The van der Waals surface area contributed by atoms with E-state index in [4.69, 9.17) is 11.6 Å². The van der Waals surface area contributed by atoms with Crippen molar-refractivity contribution >= 4 is 17.5 Å². The molecule has 1 saturated carbocycles. The van der Waals surface area contributed by atoms with Gasteiger partial charge in [0.1, 0.15) is 5.82 Å². The third-order valence-electron chi connectivity index (χ3n) is 5.16. The Morgan fingerprint density at radius 2 is 1.85 bits per heavy atom. The second kappa shape index (κ2) is 8.19. The van der Waals surface area contributed by atoms with Gasteiger partial charge in [0.15, 0.2) is 0 Å². The summed E-state index contributed by atoms with van der Waals surface area (Å²) in [6.45, 7) is 0.670. The highest BCUT2D eigenvalue weighted by Crippen LogP contribution is 2.41. The molecule has 0 aliphatic heterocycles. The number of halogens is 2. The number of hydrogen-bond donors (Lipinski definition) is 1. The Morgan fingerprint density at radius 3 is 2.50 bits per heavy atom. The molecule has 0 heterocycles. The van der Waals surface area contributed by atoms with Crippen LogP contribution in [0.2, 0.25) is 5.02 Å². The van der Waals surface area contributed by atoms with E-state index >= 15 is 0 Å². The third kappa shape index (κ3) is 4.25. The van der Waals surface area contributed by atoms with Crippen LogP contribution in [0.1, 0.15) is 29.9 Å². The first kappa shape index (κ1) is 18.9. The molecule has 1 aliphatic carbocycles. The fourth-order valence-electron chi connectivity index (χ4n) is 3.78. The molecule has 2 aromatic carbocycles. The summed E-state index contributed by atoms with van der Waals surface area (Å²) < 4.78 is 13.3. The molecule has 0 spiro atoms. The highest BCUT2D eigenvalue weighted by molar-refractivity contribution is 6.31. The monoisotopic (exact) mass is 374 g/mol. The first-order valence-electron chi connectivity index (χ1n) is 8.89. The summed E-state index contributed by atoms with van der Waals surface area (Å²) in [5.74, 6) is -0.134. The Morgan fingerprint density at radius 1 is 1.15 bits per heavy atom. The number of carbonyl (C=O) groups is 1. The lowest BCUT2D eigenvalue weighted by atomic mass is 9.88. The zero-order valence-corrected chi connectivity index (χ0v) is 15.8. The maximum Gasteiger partial charge on any atom is 0.225 e. The van der Waals surface area contributed by atoms with E-state index in [-0.39, 0.29) is 29.6 Å². The van der Waals surface area contributed by atoms with E-state index in [1.807, 2.05) is 24.3 Å². The fourth-order valence-corrected chi connectivity index (χ4v) is 3.99. The van der Waals surface area contributed by atoms with Gasteiger partial charge in [-0.1, -0.05) is 41.9 Å². The molecule has 0 saturated heterocycles. The number of amides is 1. The molecular weight excluding hydrogens is 351 g/mol. The van der Waals surface area contributed by atoms with E-state index in [1.54, 1.807) is 31.1 Å². The van der Waals surface area contributed by atoms with Crippen LogP contribution >= 0.6 is 11.6 Å². The SMILES string of the molecule is CN(C)C(=O)[C@H]1C[C@@H](NCc2ccccc2Cl)C[C@@H]1c1ccc(F)cc1. The molecule has 1 N–H and O–H groups in total. The lowest BCUT2D eigenvalue weighted by molar-refractivity contribution is -0.133. The van der Waals surface area contributed by atoms with E-state index in [2.05, 4.69) is 5.32 Å². The van der Waals surface area contributed by atoms with Crippen molar-refractivity contribution in [3.05, 3.63) is 70.5 Å². The first-order valence-corrected chi connectivity index (χ1v) is 9.27. The van der Waals surface area contributed by atoms with Gasteiger partial charge in [-0.05, 0) is 48.1 Å². The molecule has 0 unspecified atom stereocenters. The molecule has 0 aromatic heterocycles. The van der Waals surface area contributed by atoms with Gasteiger partial charge in [-0.3, -0.25) is 4.79 Å². The molecule has 0 bridgehead atoms. The van der Waals surface area contributed by atoms with E-state index in [1.165, 1.54) is 12.1 Å². The van der Waals surface area contributed by atoms with Crippen LogP contribution in [0.25, 0.3) is 0 Å². The summed E-state index contributed by atoms with van der Waals surface area (Å²) in [5.41, 5.74) is 2.07. The first-order chi connectivity index (χ1) is 12.5. The molecule has 3 nitrogen and oxygen atoms in total. The molecule has 3 atom stereocenters. The van der Waals surface area contributed by atoms with E-state index in [0.29, 0.717) is 6.54 Å².